The van der Waals surface area contributed by atoms with E-state index in [1.54, 1.807) is 0 Å². The van der Waals surface area contributed by atoms with Crippen LogP contribution in [0.4, 0.5) is 0 Å². The number of allylic oxidation sites excluding steroid dienone is 8. The summed E-state index contributed by atoms with van der Waals surface area (Å²) in [5, 5.41) is 0. The number of nitrogens with zero attached hydrogens (tertiary/aromatic N) is 1. The van der Waals surface area contributed by atoms with E-state index in [0.717, 1.165) is 38.5 Å². The summed E-state index contributed by atoms with van der Waals surface area (Å²) < 4.78 is 35.0. The fourth-order valence-electron chi connectivity index (χ4n) is 6.62. The predicted octanol–water partition coefficient (Wildman–Crippen LogP) is 12.1. The van der Waals surface area contributed by atoms with Crippen LogP contribution in [0.15, 0.2) is 48.6 Å². The molecule has 0 aromatic heterocycles. The maximum absolute atomic E-state index is 11.9. The Morgan fingerprint density at radius 1 is 0.679 bits per heavy atom. The summed E-state index contributed by atoms with van der Waals surface area (Å²) in [7, 11) is -2.09. The van der Waals surface area contributed by atoms with Gasteiger partial charge in [0.05, 0.1) is 25.9 Å². The van der Waals surface area contributed by atoms with Crippen LogP contribution in [0, 0.1) is 0 Å². The molecule has 310 valence electrons. The first kappa shape index (κ1) is 49.9. The van der Waals surface area contributed by atoms with Crippen molar-refractivity contribution in [3.8, 4) is 0 Å². The second kappa shape index (κ2) is 35.3. The van der Waals surface area contributed by atoms with E-state index in [4.69, 9.17) is 24.3 Å². The molecular weight excluding hydrogens is 683 g/mol. The van der Waals surface area contributed by atoms with E-state index in [1.807, 2.05) is 7.05 Å². The van der Waals surface area contributed by atoms with Crippen LogP contribution in [0.25, 0.3) is 0 Å². The summed E-state index contributed by atoms with van der Waals surface area (Å²) in [6.45, 7) is 6.48. The Hall–Kier alpha value is -1.09. The van der Waals surface area contributed by atoms with Crippen LogP contribution in [0.3, 0.4) is 0 Å². The second-order valence-electron chi connectivity index (χ2n) is 15.0. The van der Waals surface area contributed by atoms with Gasteiger partial charge < -0.3 is 25.0 Å². The largest absolute Gasteiger partial charge is 0.472 e. The number of hydrogen-bond acceptors (Lipinski definition) is 7. The summed E-state index contributed by atoms with van der Waals surface area (Å²) in [6, 6.07) is 0. The Kier molecular flexibility index (Phi) is 33.3. The Morgan fingerprint density at radius 2 is 1.13 bits per heavy atom. The highest BCUT2D eigenvalue weighted by Crippen LogP contribution is 2.42. The molecule has 1 fully saturated rings. The third-order valence-electron chi connectivity index (χ3n) is 9.80. The molecule has 3 atom stereocenters. The lowest BCUT2D eigenvalue weighted by Crippen LogP contribution is -2.36. The lowest BCUT2D eigenvalue weighted by atomic mass is 9.98. The van der Waals surface area contributed by atoms with E-state index in [1.165, 1.54) is 122 Å². The molecule has 8 nitrogen and oxygen atoms in total. The number of hydrogen-bond donors (Lipinski definition) is 2. The summed E-state index contributed by atoms with van der Waals surface area (Å²) in [6.07, 6.45) is 48.8. The zero-order valence-corrected chi connectivity index (χ0v) is 35.5. The van der Waals surface area contributed by atoms with Crippen molar-refractivity contribution in [3.05, 3.63) is 48.6 Å². The fourth-order valence-corrected chi connectivity index (χ4v) is 7.35. The second-order valence-corrected chi connectivity index (χ2v) is 16.4. The average Bonchev–Trinajstić information content (AvgIpc) is 3.54. The number of phosphoric acid groups is 1. The molecule has 0 aromatic rings. The van der Waals surface area contributed by atoms with E-state index < -0.39 is 13.6 Å². The van der Waals surface area contributed by atoms with Crippen molar-refractivity contribution in [2.24, 2.45) is 5.73 Å². The maximum Gasteiger partial charge on any atom is 0.472 e. The van der Waals surface area contributed by atoms with Gasteiger partial charge in [0.25, 0.3) is 0 Å². The normalized spacial score (nSPS) is 19.3. The fraction of sp³-hybridized carbons (Fsp3) is 0.818. The third-order valence-corrected chi connectivity index (χ3v) is 10.8. The molecule has 0 saturated carbocycles. The molecule has 0 amide bonds. The Labute approximate surface area is 327 Å². The van der Waals surface area contributed by atoms with E-state index in [9.17, 15) is 9.46 Å². The molecule has 1 aliphatic rings. The lowest BCUT2D eigenvalue weighted by Gasteiger charge is -2.29. The van der Waals surface area contributed by atoms with E-state index in [0.29, 0.717) is 19.7 Å². The summed E-state index contributed by atoms with van der Waals surface area (Å²) in [5.41, 5.74) is 5.36. The molecule has 53 heavy (non-hydrogen) atoms. The smallest absolute Gasteiger partial charge is 0.347 e. The molecule has 1 heterocycles. The van der Waals surface area contributed by atoms with Gasteiger partial charge in [-0.05, 0) is 77.7 Å². The average molecular weight is 767 g/mol. The standard InChI is InChI=1S/C44H83N2O6P/c1-4-6-8-10-12-14-16-18-20-22-24-26-28-30-32-34-36-44(35-33-31-29-27-25-23-21-19-17-15-13-11-9-7-5-2)49-42-43(52-44)41-46(3)38-40-51-53(47,48)50-39-37-45/h11-14,17-20,43H,4-10,15-16,21-42,45H2,1-3H3,(H,47,48)/b13-11-,14-12-,19-17-,20-18-/t43-,44?/m0/s1. The quantitative estimate of drug-likeness (QED) is 0.0364. The summed E-state index contributed by atoms with van der Waals surface area (Å²) >= 11 is 0. The number of rotatable bonds is 38. The van der Waals surface area contributed by atoms with Gasteiger partial charge in [-0.3, -0.25) is 9.05 Å². The van der Waals surface area contributed by atoms with Crippen LogP contribution >= 0.6 is 7.82 Å². The van der Waals surface area contributed by atoms with Crippen LogP contribution in [0.2, 0.25) is 0 Å². The van der Waals surface area contributed by atoms with Crippen molar-refractivity contribution >= 4 is 7.82 Å². The number of nitrogens with two attached hydrogens (primary N) is 1. The molecule has 9 heteroatoms. The first-order valence-corrected chi connectivity index (χ1v) is 23.3. The van der Waals surface area contributed by atoms with Crippen molar-refractivity contribution < 1.29 is 28.0 Å². The zero-order valence-electron chi connectivity index (χ0n) is 34.6. The van der Waals surface area contributed by atoms with Crippen molar-refractivity contribution in [1.82, 2.24) is 4.90 Å². The van der Waals surface area contributed by atoms with E-state index in [-0.39, 0.29) is 25.9 Å². The van der Waals surface area contributed by atoms with E-state index >= 15 is 0 Å². The minimum Gasteiger partial charge on any atom is -0.347 e. The summed E-state index contributed by atoms with van der Waals surface area (Å²) in [4.78, 5) is 11.8. The van der Waals surface area contributed by atoms with Crippen LogP contribution in [-0.4, -0.2) is 68.2 Å². The summed E-state index contributed by atoms with van der Waals surface area (Å²) in [5.74, 6) is -0.496. The van der Waals surface area contributed by atoms with Gasteiger partial charge in [0.1, 0.15) is 0 Å². The molecule has 0 bridgehead atoms. The molecule has 0 radical (unpaired) electrons. The molecule has 1 saturated heterocycles. The highest BCUT2D eigenvalue weighted by molar-refractivity contribution is 7.47. The van der Waals surface area contributed by atoms with Gasteiger partial charge >= 0.3 is 7.82 Å². The van der Waals surface area contributed by atoms with Crippen molar-refractivity contribution in [1.29, 1.82) is 0 Å². The lowest BCUT2D eigenvalue weighted by molar-refractivity contribution is -0.180. The number of ether oxygens (including phenoxy) is 2. The number of unbranched alkanes of at least 4 members (excludes halogenated alkanes) is 17. The number of phosphoric ester groups is 1. The predicted molar refractivity (Wildman–Crippen MR) is 225 cm³/mol. The van der Waals surface area contributed by atoms with Gasteiger partial charge in [-0.25, -0.2) is 4.57 Å². The topological polar surface area (TPSA) is 103 Å². The maximum atomic E-state index is 11.9. The first-order valence-electron chi connectivity index (χ1n) is 21.8. The van der Waals surface area contributed by atoms with Crippen molar-refractivity contribution in [2.75, 3.05) is 46.5 Å². The zero-order chi connectivity index (χ0) is 38.6. The highest BCUT2D eigenvalue weighted by atomic mass is 31.2. The van der Waals surface area contributed by atoms with Crippen molar-refractivity contribution in [3.63, 3.8) is 0 Å². The Bertz CT molecular complexity index is 989. The molecule has 2 unspecified atom stereocenters. The Morgan fingerprint density at radius 3 is 1.64 bits per heavy atom. The van der Waals surface area contributed by atoms with Crippen LogP contribution in [0.1, 0.15) is 174 Å². The molecule has 0 spiro atoms. The van der Waals surface area contributed by atoms with Crippen LogP contribution < -0.4 is 5.73 Å². The molecule has 0 aliphatic carbocycles. The molecule has 3 N–H and O–H groups in total. The monoisotopic (exact) mass is 767 g/mol. The van der Waals surface area contributed by atoms with Gasteiger partial charge in [-0.1, -0.05) is 140 Å². The molecule has 0 aromatic carbocycles. The van der Waals surface area contributed by atoms with Gasteiger partial charge in [-0.15, -0.1) is 0 Å². The minimum atomic E-state index is -4.07. The number of likely N-dealkylation sites (N-methyl/N-ethyl adjacent to an activating group) is 1. The highest BCUT2D eigenvalue weighted by Gasteiger charge is 2.40. The van der Waals surface area contributed by atoms with Gasteiger partial charge in [-0.2, -0.15) is 0 Å². The SMILES string of the molecule is CCCC/C=C\C/C=C\CCCCCCCCC1(CCCCCCCC/C=C\C/C=C\CCCCC)OC[C@H](CN(C)CCOP(=O)(O)OCCN)O1. The van der Waals surface area contributed by atoms with Gasteiger partial charge in [0.15, 0.2) is 5.79 Å². The van der Waals surface area contributed by atoms with Crippen molar-refractivity contribution in [2.45, 2.75) is 186 Å². The third kappa shape index (κ3) is 30.8. The van der Waals surface area contributed by atoms with Crippen LogP contribution in [0.5, 0.6) is 0 Å². The minimum absolute atomic E-state index is 0.0107. The van der Waals surface area contributed by atoms with Crippen LogP contribution in [-0.2, 0) is 23.1 Å². The van der Waals surface area contributed by atoms with Gasteiger partial charge in [0, 0.05) is 32.5 Å². The van der Waals surface area contributed by atoms with E-state index in [2.05, 4.69) is 67.4 Å². The van der Waals surface area contributed by atoms with Gasteiger partial charge in [0.2, 0.25) is 0 Å². The first-order chi connectivity index (χ1) is 25.9. The molecular formula is C44H83N2O6P. The molecule has 1 aliphatic heterocycles. The Balaban J connectivity index is 2.38. The molecule has 1 rings (SSSR count).